The summed E-state index contributed by atoms with van der Waals surface area (Å²) in [6, 6.07) is 0.170. The van der Waals surface area contributed by atoms with Gasteiger partial charge in [0.2, 0.25) is 11.8 Å². The molecule has 2 aliphatic rings. The molecule has 1 aromatic heterocycles. The molecule has 86 valence electrons. The first-order valence-corrected chi connectivity index (χ1v) is 5.61. The Kier molecular flexibility index (Phi) is 2.00. The lowest BCUT2D eigenvalue weighted by Gasteiger charge is -2.35. The van der Waals surface area contributed by atoms with E-state index < -0.39 is 5.54 Å². The number of carbonyl (C=O) groups is 1. The van der Waals surface area contributed by atoms with Crippen molar-refractivity contribution in [1.29, 1.82) is 0 Å². The molecule has 3 N–H and O–H groups in total. The van der Waals surface area contributed by atoms with E-state index in [1.54, 1.807) is 0 Å². The predicted octanol–water partition coefficient (Wildman–Crippen LogP) is 0.767. The van der Waals surface area contributed by atoms with Gasteiger partial charge in [-0.1, -0.05) is 5.10 Å². The van der Waals surface area contributed by atoms with Crippen LogP contribution in [0.25, 0.3) is 0 Å². The Balaban J connectivity index is 1.66. The van der Waals surface area contributed by atoms with Crippen LogP contribution < -0.4 is 11.1 Å². The highest BCUT2D eigenvalue weighted by Crippen LogP contribution is 2.39. The number of anilines is 1. The van der Waals surface area contributed by atoms with Gasteiger partial charge in [0.25, 0.3) is 0 Å². The second-order valence-corrected chi connectivity index (χ2v) is 4.68. The number of amides is 1. The zero-order valence-electron chi connectivity index (χ0n) is 8.90. The molecule has 2 fully saturated rings. The fourth-order valence-corrected chi connectivity index (χ4v) is 1.79. The molecule has 0 bridgehead atoms. The van der Waals surface area contributed by atoms with Crippen molar-refractivity contribution in [3.8, 4) is 0 Å². The zero-order valence-corrected chi connectivity index (χ0v) is 8.90. The largest absolute Gasteiger partial charge is 0.408 e. The van der Waals surface area contributed by atoms with E-state index in [1.807, 2.05) is 0 Å². The lowest BCUT2D eigenvalue weighted by atomic mass is 9.77. The van der Waals surface area contributed by atoms with Crippen molar-refractivity contribution < 1.29 is 9.21 Å². The third-order valence-electron chi connectivity index (χ3n) is 3.29. The summed E-state index contributed by atoms with van der Waals surface area (Å²) < 4.78 is 5.33. The third-order valence-corrected chi connectivity index (χ3v) is 3.29. The van der Waals surface area contributed by atoms with E-state index in [4.69, 9.17) is 10.2 Å². The maximum absolute atomic E-state index is 11.7. The Labute approximate surface area is 92.6 Å². The van der Waals surface area contributed by atoms with E-state index in [0.29, 0.717) is 11.8 Å². The monoisotopic (exact) mass is 222 g/mol. The molecule has 6 nitrogen and oxygen atoms in total. The Morgan fingerprint density at radius 2 is 2.19 bits per heavy atom. The number of nitrogens with zero attached hydrogens (tertiary/aromatic N) is 2. The van der Waals surface area contributed by atoms with Crippen molar-refractivity contribution >= 4 is 11.9 Å². The molecule has 0 aromatic carbocycles. The average molecular weight is 222 g/mol. The van der Waals surface area contributed by atoms with Crippen LogP contribution in [0.1, 0.15) is 43.9 Å². The Morgan fingerprint density at radius 3 is 2.75 bits per heavy atom. The van der Waals surface area contributed by atoms with Gasteiger partial charge in [-0.25, -0.2) is 0 Å². The van der Waals surface area contributed by atoms with Crippen LogP contribution in [0.4, 0.5) is 6.01 Å². The van der Waals surface area contributed by atoms with Crippen LogP contribution in [-0.4, -0.2) is 21.6 Å². The van der Waals surface area contributed by atoms with Gasteiger partial charge in [0.1, 0.15) is 0 Å². The maximum Gasteiger partial charge on any atom is 0.322 e. The molecule has 3 rings (SSSR count). The zero-order chi connectivity index (χ0) is 11.2. The first kappa shape index (κ1) is 9.77. The van der Waals surface area contributed by atoms with Gasteiger partial charge in [-0.15, -0.1) is 5.10 Å². The molecule has 1 amide bonds. The summed E-state index contributed by atoms with van der Waals surface area (Å²) >= 11 is 0. The lowest BCUT2D eigenvalue weighted by molar-refractivity contribution is -0.124. The SMILES string of the molecule is NC1(C(=O)Nc2nnc(C3CC3)o2)CCC1. The van der Waals surface area contributed by atoms with Gasteiger partial charge in [-0.3, -0.25) is 10.1 Å². The standard InChI is InChI=1S/C10H14N4O2/c11-10(4-1-5-10)8(15)12-9-14-13-7(16-9)6-2-3-6/h6H,1-5,11H2,(H,12,14,15). The number of rotatable bonds is 3. The van der Waals surface area contributed by atoms with Crippen LogP contribution in [0.2, 0.25) is 0 Å². The number of nitrogens with one attached hydrogen (secondary N) is 1. The maximum atomic E-state index is 11.7. The summed E-state index contributed by atoms with van der Waals surface area (Å²) in [5.74, 6) is 0.799. The van der Waals surface area contributed by atoms with E-state index in [-0.39, 0.29) is 11.9 Å². The lowest BCUT2D eigenvalue weighted by Crippen LogP contribution is -2.56. The van der Waals surface area contributed by atoms with Crippen molar-refractivity contribution in [2.45, 2.75) is 43.6 Å². The molecule has 0 radical (unpaired) electrons. The molecule has 0 unspecified atom stereocenters. The number of hydrogen-bond donors (Lipinski definition) is 2. The van der Waals surface area contributed by atoms with Gasteiger partial charge in [0, 0.05) is 5.92 Å². The Hall–Kier alpha value is -1.43. The molecule has 1 aromatic rings. The molecular formula is C10H14N4O2. The first-order chi connectivity index (χ1) is 7.67. The number of hydrogen-bond acceptors (Lipinski definition) is 5. The van der Waals surface area contributed by atoms with Gasteiger partial charge in [0.05, 0.1) is 5.54 Å². The van der Waals surface area contributed by atoms with Crippen LogP contribution in [0.5, 0.6) is 0 Å². The molecule has 2 aliphatic carbocycles. The van der Waals surface area contributed by atoms with Crippen LogP contribution in [0.3, 0.4) is 0 Å². The van der Waals surface area contributed by atoms with Gasteiger partial charge in [-0.05, 0) is 32.1 Å². The molecule has 16 heavy (non-hydrogen) atoms. The van der Waals surface area contributed by atoms with Crippen LogP contribution in [0.15, 0.2) is 4.42 Å². The van der Waals surface area contributed by atoms with Crippen LogP contribution in [0, 0.1) is 0 Å². The normalized spacial score (nSPS) is 22.6. The van der Waals surface area contributed by atoms with E-state index in [1.165, 1.54) is 0 Å². The van der Waals surface area contributed by atoms with Crippen molar-refractivity contribution in [1.82, 2.24) is 10.2 Å². The van der Waals surface area contributed by atoms with E-state index >= 15 is 0 Å². The van der Waals surface area contributed by atoms with Crippen molar-refractivity contribution in [3.63, 3.8) is 0 Å². The smallest absolute Gasteiger partial charge is 0.322 e. The summed E-state index contributed by atoms with van der Waals surface area (Å²) in [6.07, 6.45) is 4.64. The van der Waals surface area contributed by atoms with Gasteiger partial charge in [0.15, 0.2) is 0 Å². The van der Waals surface area contributed by atoms with Crippen LogP contribution >= 0.6 is 0 Å². The minimum absolute atomic E-state index is 0.170. The predicted molar refractivity (Wildman–Crippen MR) is 55.7 cm³/mol. The van der Waals surface area contributed by atoms with Gasteiger partial charge in [-0.2, -0.15) is 0 Å². The molecule has 0 atom stereocenters. The van der Waals surface area contributed by atoms with Crippen LogP contribution in [-0.2, 0) is 4.79 Å². The molecule has 6 heteroatoms. The molecule has 2 saturated carbocycles. The van der Waals surface area contributed by atoms with Crippen molar-refractivity contribution in [2.24, 2.45) is 5.73 Å². The summed E-state index contributed by atoms with van der Waals surface area (Å²) in [5, 5.41) is 10.3. The molecule has 1 heterocycles. The second-order valence-electron chi connectivity index (χ2n) is 4.68. The Morgan fingerprint density at radius 1 is 1.44 bits per heavy atom. The molecule has 0 spiro atoms. The molecule has 0 saturated heterocycles. The highest BCUT2D eigenvalue weighted by atomic mass is 16.4. The summed E-state index contributed by atoms with van der Waals surface area (Å²) in [4.78, 5) is 11.7. The Bertz CT molecular complexity index is 420. The minimum atomic E-state index is -0.728. The number of carbonyl (C=O) groups excluding carboxylic acids is 1. The fourth-order valence-electron chi connectivity index (χ4n) is 1.79. The topological polar surface area (TPSA) is 94.0 Å². The fraction of sp³-hybridized carbons (Fsp3) is 0.700. The highest BCUT2D eigenvalue weighted by Gasteiger charge is 2.41. The number of aromatic nitrogens is 2. The summed E-state index contributed by atoms with van der Waals surface area (Å²) in [5.41, 5.74) is 5.14. The summed E-state index contributed by atoms with van der Waals surface area (Å²) in [6.45, 7) is 0. The summed E-state index contributed by atoms with van der Waals surface area (Å²) in [7, 11) is 0. The van der Waals surface area contributed by atoms with Crippen molar-refractivity contribution in [2.75, 3.05) is 5.32 Å². The van der Waals surface area contributed by atoms with E-state index in [0.717, 1.165) is 32.1 Å². The van der Waals surface area contributed by atoms with E-state index in [9.17, 15) is 4.79 Å². The average Bonchev–Trinajstić information content (AvgIpc) is 2.97. The van der Waals surface area contributed by atoms with E-state index in [2.05, 4.69) is 15.5 Å². The molecular weight excluding hydrogens is 208 g/mol. The molecule has 0 aliphatic heterocycles. The number of nitrogens with two attached hydrogens (primary N) is 1. The minimum Gasteiger partial charge on any atom is -0.408 e. The third kappa shape index (κ3) is 1.59. The second kappa shape index (κ2) is 3.28. The first-order valence-electron chi connectivity index (χ1n) is 5.61. The van der Waals surface area contributed by atoms with Crippen molar-refractivity contribution in [3.05, 3.63) is 5.89 Å². The highest BCUT2D eigenvalue weighted by molar-refractivity contribution is 5.97. The van der Waals surface area contributed by atoms with Gasteiger partial charge < -0.3 is 10.2 Å². The van der Waals surface area contributed by atoms with Gasteiger partial charge >= 0.3 is 6.01 Å². The quantitative estimate of drug-likeness (QED) is 0.787.